The molecule has 0 aromatic carbocycles. The van der Waals surface area contributed by atoms with E-state index in [0.717, 1.165) is 12.1 Å². The normalized spacial score (nSPS) is 10.3. The molecule has 0 aliphatic carbocycles. The minimum absolute atomic E-state index is 0.0261. The Hall–Kier alpha value is -2.57. The first-order chi connectivity index (χ1) is 10.3. The average molecular weight is 290 g/mol. The highest BCUT2D eigenvalue weighted by molar-refractivity contribution is 5.91. The molecule has 2 heterocycles. The van der Waals surface area contributed by atoms with E-state index in [2.05, 4.69) is 20.6 Å². The van der Waals surface area contributed by atoms with Crippen molar-refractivity contribution in [2.45, 2.75) is 19.3 Å². The van der Waals surface area contributed by atoms with Gasteiger partial charge in [0.1, 0.15) is 0 Å². The first-order valence-corrected chi connectivity index (χ1v) is 6.81. The van der Waals surface area contributed by atoms with Crippen molar-refractivity contribution in [1.29, 1.82) is 0 Å². The van der Waals surface area contributed by atoms with Crippen LogP contribution in [0.4, 0.5) is 0 Å². The van der Waals surface area contributed by atoms with Gasteiger partial charge in [-0.15, -0.1) is 0 Å². The zero-order valence-corrected chi connectivity index (χ0v) is 11.6. The first-order valence-electron chi connectivity index (χ1n) is 6.81. The number of aromatic amines is 1. The number of rotatable bonds is 8. The lowest BCUT2D eigenvalue weighted by Gasteiger charge is -2.05. The number of imidazole rings is 1. The van der Waals surface area contributed by atoms with Crippen LogP contribution in [0.5, 0.6) is 0 Å². The molecule has 2 rings (SSSR count). The van der Waals surface area contributed by atoms with E-state index in [1.807, 2.05) is 0 Å². The molecule has 0 atom stereocenters. The number of amides is 2. The molecule has 0 spiro atoms. The van der Waals surface area contributed by atoms with Crippen LogP contribution in [0.2, 0.25) is 0 Å². The summed E-state index contributed by atoms with van der Waals surface area (Å²) in [4.78, 5) is 30.0. The Morgan fingerprint density at radius 1 is 1.29 bits per heavy atom. The van der Waals surface area contributed by atoms with Gasteiger partial charge in [-0.1, -0.05) is 0 Å². The van der Waals surface area contributed by atoms with E-state index in [4.69, 9.17) is 4.42 Å². The summed E-state index contributed by atoms with van der Waals surface area (Å²) in [5.41, 5.74) is 0.987. The zero-order chi connectivity index (χ0) is 14.9. The standard InChI is InChI=1S/C14H18N4O3/c19-13(16-7-5-11-9-15-10-18-11)4-1-6-17-14(20)12-3-2-8-21-12/h2-3,8-10H,1,4-7H2,(H,15,18)(H,16,19)(H,17,20). The number of hydrogen-bond donors (Lipinski definition) is 3. The van der Waals surface area contributed by atoms with E-state index >= 15 is 0 Å². The van der Waals surface area contributed by atoms with Gasteiger partial charge in [0.2, 0.25) is 5.91 Å². The molecule has 0 saturated carbocycles. The maximum atomic E-state index is 11.6. The van der Waals surface area contributed by atoms with Crippen LogP contribution in [0.25, 0.3) is 0 Å². The molecule has 21 heavy (non-hydrogen) atoms. The summed E-state index contributed by atoms with van der Waals surface area (Å²) in [6.45, 7) is 1.01. The second-order valence-corrected chi connectivity index (χ2v) is 4.51. The molecule has 2 aromatic rings. The molecule has 2 amide bonds. The predicted molar refractivity (Wildman–Crippen MR) is 75.6 cm³/mol. The summed E-state index contributed by atoms with van der Waals surface area (Å²) in [7, 11) is 0. The second-order valence-electron chi connectivity index (χ2n) is 4.51. The highest BCUT2D eigenvalue weighted by Crippen LogP contribution is 1.99. The Morgan fingerprint density at radius 3 is 2.90 bits per heavy atom. The van der Waals surface area contributed by atoms with E-state index in [1.54, 1.807) is 24.7 Å². The van der Waals surface area contributed by atoms with Gasteiger partial charge in [-0.2, -0.15) is 0 Å². The minimum atomic E-state index is -0.264. The number of furan rings is 1. The van der Waals surface area contributed by atoms with Gasteiger partial charge < -0.3 is 20.0 Å². The lowest BCUT2D eigenvalue weighted by molar-refractivity contribution is -0.121. The molecule has 2 aromatic heterocycles. The van der Waals surface area contributed by atoms with E-state index in [0.29, 0.717) is 25.9 Å². The van der Waals surface area contributed by atoms with Crippen molar-refractivity contribution in [1.82, 2.24) is 20.6 Å². The third kappa shape index (κ3) is 5.13. The molecule has 0 unspecified atom stereocenters. The van der Waals surface area contributed by atoms with Crippen LogP contribution in [0, 0.1) is 0 Å². The maximum Gasteiger partial charge on any atom is 0.286 e. The summed E-state index contributed by atoms with van der Waals surface area (Å²) in [6, 6.07) is 3.25. The van der Waals surface area contributed by atoms with E-state index < -0.39 is 0 Å². The maximum absolute atomic E-state index is 11.6. The predicted octanol–water partition coefficient (Wildman–Crippen LogP) is 0.872. The molecular weight excluding hydrogens is 272 g/mol. The summed E-state index contributed by atoms with van der Waals surface area (Å²) in [5, 5.41) is 5.51. The van der Waals surface area contributed by atoms with Crippen molar-refractivity contribution >= 4 is 11.8 Å². The Balaban J connectivity index is 1.52. The van der Waals surface area contributed by atoms with Crippen LogP contribution >= 0.6 is 0 Å². The Bertz CT molecular complexity index is 549. The van der Waals surface area contributed by atoms with Crippen LogP contribution in [0.3, 0.4) is 0 Å². The van der Waals surface area contributed by atoms with Crippen molar-refractivity contribution < 1.29 is 14.0 Å². The zero-order valence-electron chi connectivity index (χ0n) is 11.6. The van der Waals surface area contributed by atoms with Gasteiger partial charge >= 0.3 is 0 Å². The van der Waals surface area contributed by atoms with Crippen LogP contribution in [-0.2, 0) is 11.2 Å². The number of carbonyl (C=O) groups is 2. The van der Waals surface area contributed by atoms with Crippen LogP contribution in [0.1, 0.15) is 29.1 Å². The highest BCUT2D eigenvalue weighted by Gasteiger charge is 2.07. The van der Waals surface area contributed by atoms with Crippen molar-refractivity contribution in [3.63, 3.8) is 0 Å². The van der Waals surface area contributed by atoms with Crippen molar-refractivity contribution in [3.05, 3.63) is 42.4 Å². The lowest BCUT2D eigenvalue weighted by Crippen LogP contribution is -2.28. The van der Waals surface area contributed by atoms with Gasteiger partial charge in [0, 0.05) is 37.8 Å². The number of nitrogens with zero attached hydrogens (tertiary/aromatic N) is 1. The molecule has 7 nitrogen and oxygen atoms in total. The average Bonchev–Trinajstić information content (AvgIpc) is 3.16. The molecule has 0 fully saturated rings. The van der Waals surface area contributed by atoms with Crippen LogP contribution in [0.15, 0.2) is 35.3 Å². The van der Waals surface area contributed by atoms with Crippen molar-refractivity contribution in [3.8, 4) is 0 Å². The smallest absolute Gasteiger partial charge is 0.286 e. The SMILES string of the molecule is O=C(CCCNC(=O)c1ccco1)NCCc1cnc[nH]1. The Kier molecular flexibility index (Phi) is 5.57. The molecule has 0 aliphatic heterocycles. The molecule has 112 valence electrons. The quantitative estimate of drug-likeness (QED) is 0.628. The largest absolute Gasteiger partial charge is 0.459 e. The van der Waals surface area contributed by atoms with Crippen LogP contribution < -0.4 is 10.6 Å². The third-order valence-corrected chi connectivity index (χ3v) is 2.88. The second kappa shape index (κ2) is 7.88. The molecule has 0 aliphatic rings. The fraction of sp³-hybridized carbons (Fsp3) is 0.357. The van der Waals surface area contributed by atoms with Gasteiger partial charge in [0.25, 0.3) is 5.91 Å². The number of carbonyl (C=O) groups excluding carboxylic acids is 2. The van der Waals surface area contributed by atoms with E-state index in [1.165, 1.54) is 6.26 Å². The summed E-state index contributed by atoms with van der Waals surface area (Å²) in [5.74, 6) is -0.0135. The molecule has 0 saturated heterocycles. The van der Waals surface area contributed by atoms with Crippen LogP contribution in [-0.4, -0.2) is 34.9 Å². The van der Waals surface area contributed by atoms with Crippen molar-refractivity contribution in [2.24, 2.45) is 0 Å². The summed E-state index contributed by atoms with van der Waals surface area (Å²) < 4.78 is 4.96. The Morgan fingerprint density at radius 2 is 2.19 bits per heavy atom. The first kappa shape index (κ1) is 14.8. The molecule has 3 N–H and O–H groups in total. The van der Waals surface area contributed by atoms with Gasteiger partial charge in [0.15, 0.2) is 5.76 Å². The van der Waals surface area contributed by atoms with E-state index in [9.17, 15) is 9.59 Å². The number of nitrogens with one attached hydrogen (secondary N) is 3. The summed E-state index contributed by atoms with van der Waals surface area (Å²) in [6.07, 6.45) is 6.47. The number of hydrogen-bond acceptors (Lipinski definition) is 4. The molecule has 0 radical (unpaired) electrons. The van der Waals surface area contributed by atoms with Crippen molar-refractivity contribution in [2.75, 3.05) is 13.1 Å². The fourth-order valence-corrected chi connectivity index (χ4v) is 1.79. The molecular formula is C14H18N4O3. The molecule has 0 bridgehead atoms. The highest BCUT2D eigenvalue weighted by atomic mass is 16.3. The molecule has 7 heteroatoms. The minimum Gasteiger partial charge on any atom is -0.459 e. The monoisotopic (exact) mass is 290 g/mol. The van der Waals surface area contributed by atoms with Gasteiger partial charge in [0.05, 0.1) is 12.6 Å². The topological polar surface area (TPSA) is 100 Å². The summed E-state index contributed by atoms with van der Waals surface area (Å²) >= 11 is 0. The number of aromatic nitrogens is 2. The van der Waals surface area contributed by atoms with Gasteiger partial charge in [-0.3, -0.25) is 9.59 Å². The Labute approximate surface area is 122 Å². The lowest BCUT2D eigenvalue weighted by atomic mass is 10.2. The van der Waals surface area contributed by atoms with Gasteiger partial charge in [-0.05, 0) is 18.6 Å². The third-order valence-electron chi connectivity index (χ3n) is 2.88. The van der Waals surface area contributed by atoms with E-state index in [-0.39, 0.29) is 17.6 Å². The van der Waals surface area contributed by atoms with Gasteiger partial charge in [-0.25, -0.2) is 4.98 Å². The number of H-pyrrole nitrogens is 1. The fourth-order valence-electron chi connectivity index (χ4n) is 1.79.